The van der Waals surface area contributed by atoms with Crippen molar-refractivity contribution < 1.29 is 4.39 Å². The predicted octanol–water partition coefficient (Wildman–Crippen LogP) is 2.77. The van der Waals surface area contributed by atoms with E-state index in [4.69, 9.17) is 5.73 Å². The lowest BCUT2D eigenvalue weighted by molar-refractivity contribution is 0.600. The van der Waals surface area contributed by atoms with Crippen LogP contribution in [0.15, 0.2) is 18.2 Å². The third-order valence-electron chi connectivity index (χ3n) is 2.59. The van der Waals surface area contributed by atoms with E-state index in [1.807, 2.05) is 6.07 Å². The Morgan fingerprint density at radius 3 is 2.50 bits per heavy atom. The minimum atomic E-state index is -0.206. The van der Waals surface area contributed by atoms with E-state index in [9.17, 15) is 4.39 Å². The number of halogens is 1. The summed E-state index contributed by atoms with van der Waals surface area (Å²) < 4.78 is 13.6. The number of hydrogen-bond acceptors (Lipinski definition) is 2. The second kappa shape index (κ2) is 5.85. The topological polar surface area (TPSA) is 29.3 Å². The lowest BCUT2D eigenvalue weighted by atomic mass is 10.1. The molecule has 0 bridgehead atoms. The molecule has 0 aliphatic heterocycles. The molecule has 0 spiro atoms. The number of rotatable bonds is 5. The molecule has 0 aromatic heterocycles. The van der Waals surface area contributed by atoms with Crippen molar-refractivity contribution in [2.45, 2.75) is 27.3 Å². The third-order valence-corrected chi connectivity index (χ3v) is 2.59. The maximum Gasteiger partial charge on any atom is 0.129 e. The summed E-state index contributed by atoms with van der Waals surface area (Å²) in [5, 5.41) is 0. The average molecular weight is 224 g/mol. The summed E-state index contributed by atoms with van der Waals surface area (Å²) >= 11 is 0. The molecule has 1 aromatic carbocycles. The molecular weight excluding hydrogens is 203 g/mol. The van der Waals surface area contributed by atoms with Crippen LogP contribution in [0.4, 0.5) is 10.1 Å². The first-order valence-electron chi connectivity index (χ1n) is 5.81. The lowest BCUT2D eigenvalue weighted by Crippen LogP contribution is -2.27. The largest absolute Gasteiger partial charge is 0.371 e. The number of benzene rings is 1. The molecule has 0 atom stereocenters. The number of nitrogens with two attached hydrogens (primary N) is 1. The van der Waals surface area contributed by atoms with Gasteiger partial charge in [0.25, 0.3) is 0 Å². The highest BCUT2D eigenvalue weighted by atomic mass is 19.1. The van der Waals surface area contributed by atoms with Crippen LogP contribution >= 0.6 is 0 Å². The van der Waals surface area contributed by atoms with Gasteiger partial charge >= 0.3 is 0 Å². The van der Waals surface area contributed by atoms with Gasteiger partial charge < -0.3 is 10.6 Å². The Labute approximate surface area is 97.3 Å². The van der Waals surface area contributed by atoms with Gasteiger partial charge in [0, 0.05) is 30.9 Å². The van der Waals surface area contributed by atoms with Crippen LogP contribution in [0.25, 0.3) is 0 Å². The van der Waals surface area contributed by atoms with Gasteiger partial charge in [-0.2, -0.15) is 0 Å². The van der Waals surface area contributed by atoms with Crippen molar-refractivity contribution in [1.82, 2.24) is 0 Å². The van der Waals surface area contributed by atoms with Crippen molar-refractivity contribution in [2.24, 2.45) is 11.7 Å². The zero-order chi connectivity index (χ0) is 12.1. The Morgan fingerprint density at radius 1 is 1.38 bits per heavy atom. The molecule has 16 heavy (non-hydrogen) atoms. The first kappa shape index (κ1) is 13.0. The summed E-state index contributed by atoms with van der Waals surface area (Å²) in [6.45, 7) is 8.48. The highest BCUT2D eigenvalue weighted by Crippen LogP contribution is 2.19. The predicted molar refractivity (Wildman–Crippen MR) is 67.0 cm³/mol. The third kappa shape index (κ3) is 3.20. The average Bonchev–Trinajstić information content (AvgIpc) is 2.25. The monoisotopic (exact) mass is 224 g/mol. The van der Waals surface area contributed by atoms with Crippen LogP contribution in [-0.4, -0.2) is 13.1 Å². The van der Waals surface area contributed by atoms with Crippen molar-refractivity contribution in [3.8, 4) is 0 Å². The van der Waals surface area contributed by atoms with Crippen LogP contribution < -0.4 is 10.6 Å². The molecule has 0 amide bonds. The Hall–Kier alpha value is -1.09. The van der Waals surface area contributed by atoms with Gasteiger partial charge in [-0.05, 0) is 25.0 Å². The van der Waals surface area contributed by atoms with Crippen LogP contribution in [-0.2, 0) is 6.54 Å². The summed E-state index contributed by atoms with van der Waals surface area (Å²) in [5.74, 6) is 0.361. The Bertz CT molecular complexity index is 337. The van der Waals surface area contributed by atoms with Crippen LogP contribution in [0.1, 0.15) is 26.3 Å². The highest BCUT2D eigenvalue weighted by molar-refractivity contribution is 5.48. The summed E-state index contributed by atoms with van der Waals surface area (Å²) in [5.41, 5.74) is 6.95. The minimum absolute atomic E-state index is 0.206. The molecule has 0 aliphatic carbocycles. The smallest absolute Gasteiger partial charge is 0.129 e. The molecule has 90 valence electrons. The molecule has 2 N–H and O–H groups in total. The van der Waals surface area contributed by atoms with Crippen molar-refractivity contribution in [3.05, 3.63) is 29.6 Å². The number of nitrogens with zero attached hydrogens (tertiary/aromatic N) is 1. The van der Waals surface area contributed by atoms with E-state index in [0.29, 0.717) is 11.5 Å². The van der Waals surface area contributed by atoms with Gasteiger partial charge in [0.1, 0.15) is 5.82 Å². The van der Waals surface area contributed by atoms with E-state index in [2.05, 4.69) is 25.7 Å². The van der Waals surface area contributed by atoms with Gasteiger partial charge in [-0.1, -0.05) is 19.9 Å². The van der Waals surface area contributed by atoms with E-state index in [1.54, 1.807) is 12.1 Å². The van der Waals surface area contributed by atoms with E-state index in [0.717, 1.165) is 18.8 Å². The fourth-order valence-corrected chi connectivity index (χ4v) is 1.76. The quantitative estimate of drug-likeness (QED) is 0.833. The number of hydrogen-bond donors (Lipinski definition) is 1. The first-order chi connectivity index (χ1) is 7.58. The maximum absolute atomic E-state index is 13.6. The van der Waals surface area contributed by atoms with E-state index < -0.39 is 0 Å². The molecule has 0 saturated carbocycles. The number of anilines is 1. The molecule has 1 rings (SSSR count). The fourth-order valence-electron chi connectivity index (χ4n) is 1.76. The maximum atomic E-state index is 13.6. The zero-order valence-corrected chi connectivity index (χ0v) is 10.3. The zero-order valence-electron chi connectivity index (χ0n) is 10.3. The summed E-state index contributed by atoms with van der Waals surface area (Å²) in [6, 6.07) is 5.29. The molecule has 0 aliphatic rings. The normalized spacial score (nSPS) is 10.9. The minimum Gasteiger partial charge on any atom is -0.371 e. The Balaban J connectivity index is 2.89. The van der Waals surface area contributed by atoms with Crippen LogP contribution in [0, 0.1) is 11.7 Å². The van der Waals surface area contributed by atoms with Gasteiger partial charge in [0.15, 0.2) is 0 Å². The molecule has 2 nitrogen and oxygen atoms in total. The van der Waals surface area contributed by atoms with Crippen LogP contribution in [0.2, 0.25) is 0 Å². The van der Waals surface area contributed by atoms with Gasteiger partial charge in [-0.25, -0.2) is 4.39 Å². The standard InChI is InChI=1S/C13H21FN2/c1-4-16(9-10(2)3)12-6-5-11(8-15)13(14)7-12/h5-7,10H,4,8-9,15H2,1-3H3. The fraction of sp³-hybridized carbons (Fsp3) is 0.538. The van der Waals surface area contributed by atoms with Crippen molar-refractivity contribution in [2.75, 3.05) is 18.0 Å². The lowest BCUT2D eigenvalue weighted by Gasteiger charge is -2.25. The van der Waals surface area contributed by atoms with E-state index in [-0.39, 0.29) is 12.4 Å². The molecule has 0 heterocycles. The van der Waals surface area contributed by atoms with Crippen LogP contribution in [0.5, 0.6) is 0 Å². The highest BCUT2D eigenvalue weighted by Gasteiger charge is 2.09. The first-order valence-corrected chi connectivity index (χ1v) is 5.81. The summed E-state index contributed by atoms with van der Waals surface area (Å²) in [4.78, 5) is 2.17. The second-order valence-electron chi connectivity index (χ2n) is 4.41. The van der Waals surface area contributed by atoms with Gasteiger partial charge in [-0.3, -0.25) is 0 Å². The van der Waals surface area contributed by atoms with Gasteiger partial charge in [-0.15, -0.1) is 0 Å². The van der Waals surface area contributed by atoms with Crippen molar-refractivity contribution in [1.29, 1.82) is 0 Å². The Kier molecular flexibility index (Phi) is 4.74. The molecule has 0 fully saturated rings. The van der Waals surface area contributed by atoms with E-state index in [1.165, 1.54) is 0 Å². The molecule has 0 saturated heterocycles. The van der Waals surface area contributed by atoms with Crippen molar-refractivity contribution in [3.63, 3.8) is 0 Å². The van der Waals surface area contributed by atoms with Crippen molar-refractivity contribution >= 4 is 5.69 Å². The van der Waals surface area contributed by atoms with Gasteiger partial charge in [0.2, 0.25) is 0 Å². The summed E-state index contributed by atoms with van der Waals surface area (Å²) in [6.07, 6.45) is 0. The summed E-state index contributed by atoms with van der Waals surface area (Å²) in [7, 11) is 0. The van der Waals surface area contributed by atoms with Crippen LogP contribution in [0.3, 0.4) is 0 Å². The molecule has 0 radical (unpaired) electrons. The van der Waals surface area contributed by atoms with E-state index >= 15 is 0 Å². The molecular formula is C13H21FN2. The molecule has 1 aromatic rings. The SMILES string of the molecule is CCN(CC(C)C)c1ccc(CN)c(F)c1. The molecule has 3 heteroatoms. The second-order valence-corrected chi connectivity index (χ2v) is 4.41. The Morgan fingerprint density at radius 2 is 2.06 bits per heavy atom. The molecule has 0 unspecified atom stereocenters. The van der Waals surface area contributed by atoms with Gasteiger partial charge in [0.05, 0.1) is 0 Å².